The number of nitrogens with zero attached hydrogens (tertiary/aromatic N) is 4. The van der Waals surface area contributed by atoms with E-state index in [0.29, 0.717) is 11.4 Å². The number of aryl methyl sites for hydroxylation is 2. The van der Waals surface area contributed by atoms with Gasteiger partial charge in [-0.05, 0) is 56.3 Å². The van der Waals surface area contributed by atoms with Gasteiger partial charge in [-0.25, -0.2) is 12.8 Å². The average molecular weight is 588 g/mol. The number of rotatable bonds is 8. The molecule has 13 heteroatoms. The van der Waals surface area contributed by atoms with Gasteiger partial charge in [-0.1, -0.05) is 13.0 Å². The number of nitrogens with one attached hydrogen (secondary N) is 1. The van der Waals surface area contributed by atoms with Crippen LogP contribution in [0.4, 0.5) is 10.1 Å². The highest BCUT2D eigenvalue weighted by atomic mass is 32.2. The smallest absolute Gasteiger partial charge is 0.274 e. The fourth-order valence-electron chi connectivity index (χ4n) is 4.71. The molecule has 0 unspecified atom stereocenters. The molecule has 0 fully saturated rings. The summed E-state index contributed by atoms with van der Waals surface area (Å²) in [6.07, 6.45) is -0.771. The van der Waals surface area contributed by atoms with Crippen LogP contribution in [0.25, 0.3) is 0 Å². The molecule has 41 heavy (non-hydrogen) atoms. The normalized spacial score (nSPS) is 18.3. The van der Waals surface area contributed by atoms with Gasteiger partial charge in [0.15, 0.2) is 5.75 Å². The number of fused-ring (bicyclic) bond motifs is 1. The van der Waals surface area contributed by atoms with E-state index in [9.17, 15) is 27.5 Å². The first kappa shape index (κ1) is 30.2. The number of amides is 2. The monoisotopic (exact) mass is 587 g/mol. The lowest BCUT2D eigenvalue weighted by atomic mass is 9.99. The van der Waals surface area contributed by atoms with E-state index in [1.807, 2.05) is 6.92 Å². The molecule has 3 atom stereocenters. The molecule has 0 saturated carbocycles. The summed E-state index contributed by atoms with van der Waals surface area (Å²) >= 11 is 0. The molecule has 1 aliphatic heterocycles. The van der Waals surface area contributed by atoms with Gasteiger partial charge in [-0.15, -0.1) is 0 Å². The number of anilines is 1. The lowest BCUT2D eigenvalue weighted by Crippen LogP contribution is -2.50. The first-order valence-corrected chi connectivity index (χ1v) is 14.5. The van der Waals surface area contributed by atoms with Gasteiger partial charge in [0.2, 0.25) is 10.0 Å². The summed E-state index contributed by atoms with van der Waals surface area (Å²) in [5.41, 5.74) is 1.33. The lowest BCUT2D eigenvalue weighted by molar-refractivity contribution is 0.0388. The van der Waals surface area contributed by atoms with Gasteiger partial charge in [0, 0.05) is 26.6 Å². The first-order valence-electron chi connectivity index (χ1n) is 13.1. The maximum absolute atomic E-state index is 13.7. The van der Waals surface area contributed by atoms with Gasteiger partial charge in [-0.2, -0.15) is 9.40 Å². The summed E-state index contributed by atoms with van der Waals surface area (Å²) in [5.74, 6) is -1.73. The number of para-hydroxylation sites is 1. The van der Waals surface area contributed by atoms with Gasteiger partial charge < -0.3 is 20.1 Å². The van der Waals surface area contributed by atoms with Crippen molar-refractivity contribution in [3.05, 3.63) is 71.3 Å². The zero-order valence-corrected chi connectivity index (χ0v) is 24.4. The van der Waals surface area contributed by atoms with Gasteiger partial charge in [0.25, 0.3) is 11.8 Å². The standard InChI is InChI=1S/C28H34FN5O6S/c1-17-14-34(19(3)16-35)28(37)22-7-6-8-23(30-27(36)24-13-18(2)31-33(24)5)26(22)40-25(17)15-32(4)41(38,39)21-11-9-20(29)10-12-21/h6-13,17,19,25,35H,14-16H2,1-5H3,(H,30,36)/t17-,19+,25-/m1/s1. The number of hydrogen-bond donors (Lipinski definition) is 2. The predicted octanol–water partition coefficient (Wildman–Crippen LogP) is 2.66. The Hall–Kier alpha value is -3.81. The summed E-state index contributed by atoms with van der Waals surface area (Å²) < 4.78 is 48.9. The van der Waals surface area contributed by atoms with Crippen molar-refractivity contribution in [1.29, 1.82) is 0 Å². The number of aliphatic hydroxyl groups is 1. The van der Waals surface area contributed by atoms with E-state index in [0.717, 1.165) is 16.4 Å². The molecule has 1 aliphatic rings. The molecule has 220 valence electrons. The number of sulfonamides is 1. The zero-order chi connectivity index (χ0) is 30.1. The van der Waals surface area contributed by atoms with Crippen LogP contribution in [0, 0.1) is 18.7 Å². The van der Waals surface area contributed by atoms with Crippen LogP contribution in [0.2, 0.25) is 0 Å². The topological polar surface area (TPSA) is 134 Å². The number of hydrogen-bond acceptors (Lipinski definition) is 7. The molecule has 2 heterocycles. The number of carbonyl (C=O) groups is 2. The second-order valence-corrected chi connectivity index (χ2v) is 12.3. The number of likely N-dealkylation sites (N-methyl/N-ethyl adjacent to an activating group) is 1. The summed E-state index contributed by atoms with van der Waals surface area (Å²) in [4.78, 5) is 28.3. The quantitative estimate of drug-likeness (QED) is 0.414. The molecule has 4 rings (SSSR count). The minimum absolute atomic E-state index is 0.0783. The van der Waals surface area contributed by atoms with Crippen LogP contribution in [-0.2, 0) is 17.1 Å². The molecular weight excluding hydrogens is 553 g/mol. The van der Waals surface area contributed by atoms with Gasteiger partial charge in [0.1, 0.15) is 17.6 Å². The molecule has 2 aromatic carbocycles. The fraction of sp³-hybridized carbons (Fsp3) is 0.393. The number of carbonyl (C=O) groups excluding carboxylic acids is 2. The van der Waals surface area contributed by atoms with Crippen LogP contribution in [0.3, 0.4) is 0 Å². The van der Waals surface area contributed by atoms with Crippen molar-refractivity contribution in [3.63, 3.8) is 0 Å². The van der Waals surface area contributed by atoms with E-state index >= 15 is 0 Å². The second-order valence-electron chi connectivity index (χ2n) is 10.3. The Labute approximate surface area is 238 Å². The summed E-state index contributed by atoms with van der Waals surface area (Å²) in [7, 11) is -0.968. The van der Waals surface area contributed by atoms with Crippen molar-refractivity contribution in [2.45, 2.75) is 37.8 Å². The maximum atomic E-state index is 13.7. The minimum atomic E-state index is -4.00. The predicted molar refractivity (Wildman–Crippen MR) is 150 cm³/mol. The van der Waals surface area contributed by atoms with Crippen LogP contribution in [-0.4, -0.2) is 83.2 Å². The zero-order valence-electron chi connectivity index (χ0n) is 23.5. The van der Waals surface area contributed by atoms with Crippen molar-refractivity contribution < 1.29 is 32.2 Å². The van der Waals surface area contributed by atoms with Gasteiger partial charge >= 0.3 is 0 Å². The van der Waals surface area contributed by atoms with Gasteiger partial charge in [-0.3, -0.25) is 14.3 Å². The second kappa shape index (κ2) is 12.0. The number of benzene rings is 2. The van der Waals surface area contributed by atoms with E-state index in [-0.39, 0.29) is 41.6 Å². The van der Waals surface area contributed by atoms with E-state index in [4.69, 9.17) is 4.74 Å². The molecule has 0 radical (unpaired) electrons. The lowest BCUT2D eigenvalue weighted by Gasteiger charge is -2.38. The van der Waals surface area contributed by atoms with Crippen LogP contribution >= 0.6 is 0 Å². The first-order chi connectivity index (χ1) is 19.3. The Morgan fingerprint density at radius 3 is 2.56 bits per heavy atom. The molecule has 2 amide bonds. The van der Waals surface area contributed by atoms with E-state index in [1.54, 1.807) is 45.2 Å². The van der Waals surface area contributed by atoms with Crippen LogP contribution in [0.15, 0.2) is 53.4 Å². The van der Waals surface area contributed by atoms with Crippen LogP contribution in [0.1, 0.15) is 40.4 Å². The molecule has 0 aliphatic carbocycles. The molecule has 3 aromatic rings. The van der Waals surface area contributed by atoms with Crippen molar-refractivity contribution in [1.82, 2.24) is 19.0 Å². The Bertz CT molecular complexity index is 1540. The Kier molecular flexibility index (Phi) is 8.80. The third-order valence-electron chi connectivity index (χ3n) is 7.13. The number of ether oxygens (including phenoxy) is 1. The SMILES string of the molecule is Cc1cc(C(=O)Nc2cccc3c2O[C@H](CN(C)S(=O)(=O)c2ccc(F)cc2)[C@H](C)CN([C@@H](C)CO)C3=O)n(C)n1. The van der Waals surface area contributed by atoms with E-state index in [1.165, 1.54) is 28.8 Å². The minimum Gasteiger partial charge on any atom is -0.486 e. The highest BCUT2D eigenvalue weighted by molar-refractivity contribution is 7.89. The maximum Gasteiger partial charge on any atom is 0.274 e. The number of aliphatic hydroxyl groups excluding tert-OH is 1. The molecule has 0 bridgehead atoms. The molecule has 0 saturated heterocycles. The largest absolute Gasteiger partial charge is 0.486 e. The van der Waals surface area contributed by atoms with Crippen LogP contribution in [0.5, 0.6) is 5.75 Å². The molecule has 1 aromatic heterocycles. The third-order valence-corrected chi connectivity index (χ3v) is 8.97. The fourth-order valence-corrected chi connectivity index (χ4v) is 5.89. The Morgan fingerprint density at radius 1 is 1.27 bits per heavy atom. The number of halogens is 1. The Morgan fingerprint density at radius 2 is 1.95 bits per heavy atom. The molecule has 2 N–H and O–H groups in total. The number of aromatic nitrogens is 2. The molecule has 11 nitrogen and oxygen atoms in total. The van der Waals surface area contributed by atoms with Crippen LogP contribution < -0.4 is 10.1 Å². The van der Waals surface area contributed by atoms with Crippen molar-refractivity contribution >= 4 is 27.5 Å². The van der Waals surface area contributed by atoms with E-state index < -0.39 is 45.7 Å². The van der Waals surface area contributed by atoms with Crippen molar-refractivity contribution in [3.8, 4) is 5.75 Å². The van der Waals surface area contributed by atoms with Crippen molar-refractivity contribution in [2.75, 3.05) is 32.1 Å². The molecule has 0 spiro atoms. The van der Waals surface area contributed by atoms with Crippen molar-refractivity contribution in [2.24, 2.45) is 13.0 Å². The summed E-state index contributed by atoms with van der Waals surface area (Å²) in [6.45, 7) is 5.07. The molecular formula is C28H34FN5O6S. The average Bonchev–Trinajstić information content (AvgIpc) is 3.28. The highest BCUT2D eigenvalue weighted by Crippen LogP contribution is 2.35. The highest BCUT2D eigenvalue weighted by Gasteiger charge is 2.36. The Balaban J connectivity index is 1.73. The summed E-state index contributed by atoms with van der Waals surface area (Å²) in [5, 5.41) is 16.9. The van der Waals surface area contributed by atoms with E-state index in [2.05, 4.69) is 10.4 Å². The third kappa shape index (κ3) is 6.26. The summed E-state index contributed by atoms with van der Waals surface area (Å²) in [6, 6.07) is 10.4. The van der Waals surface area contributed by atoms with Gasteiger partial charge in [0.05, 0.1) is 41.0 Å².